The highest BCUT2D eigenvalue weighted by Crippen LogP contribution is 2.22. The monoisotopic (exact) mass is 306 g/mol. The number of carbonyl (C=O) groups excluding carboxylic acids is 1. The lowest BCUT2D eigenvalue weighted by Gasteiger charge is -2.24. The molecule has 21 heavy (non-hydrogen) atoms. The number of nitrogens with one attached hydrogen (secondary N) is 1. The van der Waals surface area contributed by atoms with Gasteiger partial charge in [-0.2, -0.15) is 13.2 Å². The molecule has 1 aliphatic rings. The zero-order valence-electron chi connectivity index (χ0n) is 10.8. The molecule has 9 heteroatoms. The van der Waals surface area contributed by atoms with Crippen molar-refractivity contribution in [1.29, 1.82) is 0 Å². The molecule has 1 aliphatic heterocycles. The van der Waals surface area contributed by atoms with E-state index in [0.717, 1.165) is 10.8 Å². The summed E-state index contributed by atoms with van der Waals surface area (Å²) in [5, 5.41) is 11.5. The number of rotatable bonds is 4. The van der Waals surface area contributed by atoms with Gasteiger partial charge in [0.1, 0.15) is 12.2 Å². The van der Waals surface area contributed by atoms with Gasteiger partial charge in [-0.1, -0.05) is 0 Å². The zero-order valence-corrected chi connectivity index (χ0v) is 10.8. The van der Waals surface area contributed by atoms with E-state index >= 15 is 0 Å². The molecule has 2 heterocycles. The van der Waals surface area contributed by atoms with Crippen molar-refractivity contribution in [2.75, 3.05) is 13.2 Å². The average Bonchev–Trinajstić information content (AvgIpc) is 2.96. The van der Waals surface area contributed by atoms with Crippen LogP contribution in [-0.4, -0.2) is 46.5 Å². The smallest absolute Gasteiger partial charge is 0.406 e. The number of carboxylic acids is 1. The molecule has 1 saturated heterocycles. The van der Waals surface area contributed by atoms with Crippen LogP contribution >= 0.6 is 0 Å². The molecule has 0 aromatic carbocycles. The zero-order chi connectivity index (χ0) is 15.7. The molecule has 1 atom stereocenters. The average molecular weight is 306 g/mol. The molecule has 0 spiro atoms. The Labute approximate surface area is 117 Å². The summed E-state index contributed by atoms with van der Waals surface area (Å²) in [6.07, 6.45) is -3.30. The lowest BCUT2D eigenvalue weighted by atomic mass is 9.99. The lowest BCUT2D eigenvalue weighted by Crippen LogP contribution is -2.55. The number of aromatic nitrogens is 1. The largest absolute Gasteiger partial charge is 0.479 e. The quantitative estimate of drug-likeness (QED) is 0.870. The standard InChI is InChI=1S/C12H13F3N2O4/c13-12(14,15)6-17-4-1-2-8(17)9(18)16-11(10(19)20)3-5-21-7-11/h1-2,4H,3,5-7H2,(H,16,18)(H,19,20). The number of hydrogen-bond acceptors (Lipinski definition) is 3. The Kier molecular flexibility index (Phi) is 3.95. The number of hydrogen-bond donors (Lipinski definition) is 2. The van der Waals surface area contributed by atoms with Crippen molar-refractivity contribution in [2.24, 2.45) is 0 Å². The number of ether oxygens (including phenoxy) is 1. The fourth-order valence-corrected chi connectivity index (χ4v) is 2.12. The molecular weight excluding hydrogens is 293 g/mol. The Morgan fingerprint density at radius 3 is 2.71 bits per heavy atom. The first-order valence-electron chi connectivity index (χ1n) is 6.09. The molecule has 1 aromatic heterocycles. The van der Waals surface area contributed by atoms with Crippen LogP contribution in [0.3, 0.4) is 0 Å². The van der Waals surface area contributed by atoms with Crippen molar-refractivity contribution >= 4 is 11.9 Å². The third-order valence-corrected chi connectivity index (χ3v) is 3.20. The van der Waals surface area contributed by atoms with Crippen LogP contribution in [0.4, 0.5) is 13.2 Å². The van der Waals surface area contributed by atoms with Gasteiger partial charge in [0, 0.05) is 19.2 Å². The second-order valence-electron chi connectivity index (χ2n) is 4.78. The molecule has 1 fully saturated rings. The van der Waals surface area contributed by atoms with Gasteiger partial charge in [-0.25, -0.2) is 4.79 Å². The highest BCUT2D eigenvalue weighted by Gasteiger charge is 2.44. The summed E-state index contributed by atoms with van der Waals surface area (Å²) in [7, 11) is 0. The van der Waals surface area contributed by atoms with Gasteiger partial charge in [0.15, 0.2) is 5.54 Å². The Morgan fingerprint density at radius 1 is 1.48 bits per heavy atom. The van der Waals surface area contributed by atoms with Crippen LogP contribution in [0.5, 0.6) is 0 Å². The van der Waals surface area contributed by atoms with E-state index in [0.29, 0.717) is 0 Å². The number of nitrogens with zero attached hydrogens (tertiary/aromatic N) is 1. The van der Waals surface area contributed by atoms with E-state index in [4.69, 9.17) is 4.74 Å². The highest BCUT2D eigenvalue weighted by molar-refractivity contribution is 5.97. The van der Waals surface area contributed by atoms with Crippen molar-refractivity contribution in [3.63, 3.8) is 0 Å². The number of aliphatic carboxylic acids is 1. The predicted octanol–water partition coefficient (Wildman–Crippen LogP) is 1.02. The Hall–Kier alpha value is -2.03. The van der Waals surface area contributed by atoms with Crippen molar-refractivity contribution in [1.82, 2.24) is 9.88 Å². The van der Waals surface area contributed by atoms with E-state index in [1.54, 1.807) is 0 Å². The van der Waals surface area contributed by atoms with Crippen LogP contribution in [0, 0.1) is 0 Å². The molecule has 0 aliphatic carbocycles. The van der Waals surface area contributed by atoms with E-state index < -0.39 is 30.1 Å². The maximum atomic E-state index is 12.4. The highest BCUT2D eigenvalue weighted by atomic mass is 19.4. The van der Waals surface area contributed by atoms with Crippen molar-refractivity contribution < 1.29 is 32.6 Å². The minimum atomic E-state index is -4.48. The molecule has 1 unspecified atom stereocenters. The van der Waals surface area contributed by atoms with Gasteiger partial charge < -0.3 is 19.7 Å². The van der Waals surface area contributed by atoms with Gasteiger partial charge >= 0.3 is 12.1 Å². The van der Waals surface area contributed by atoms with Gasteiger partial charge in [0.25, 0.3) is 5.91 Å². The van der Waals surface area contributed by atoms with Crippen LogP contribution in [-0.2, 0) is 16.1 Å². The van der Waals surface area contributed by atoms with Gasteiger partial charge in [-0.05, 0) is 12.1 Å². The fraction of sp³-hybridized carbons (Fsp3) is 0.500. The number of halogens is 3. The summed E-state index contributed by atoms with van der Waals surface area (Å²) < 4.78 is 42.9. The minimum absolute atomic E-state index is 0.0635. The second kappa shape index (κ2) is 5.40. The normalized spacial score (nSPS) is 22.2. The van der Waals surface area contributed by atoms with E-state index in [9.17, 15) is 27.9 Å². The van der Waals surface area contributed by atoms with Crippen LogP contribution < -0.4 is 5.32 Å². The summed E-state index contributed by atoms with van der Waals surface area (Å²) in [5.41, 5.74) is -1.84. The molecule has 1 aromatic rings. The van der Waals surface area contributed by atoms with Crippen LogP contribution in [0.2, 0.25) is 0 Å². The Balaban J connectivity index is 2.17. The molecular formula is C12H13F3N2O4. The number of amides is 1. The summed E-state index contributed by atoms with van der Waals surface area (Å²) in [5.74, 6) is -2.15. The maximum Gasteiger partial charge on any atom is 0.406 e. The molecule has 2 rings (SSSR count). The van der Waals surface area contributed by atoms with Crippen molar-refractivity contribution in [3.8, 4) is 0 Å². The maximum absolute atomic E-state index is 12.4. The third kappa shape index (κ3) is 3.35. The molecule has 1 amide bonds. The van der Waals surface area contributed by atoms with E-state index in [-0.39, 0.29) is 25.3 Å². The molecule has 0 saturated carbocycles. The molecule has 116 valence electrons. The first-order valence-corrected chi connectivity index (χ1v) is 6.09. The first kappa shape index (κ1) is 15.4. The fourth-order valence-electron chi connectivity index (χ4n) is 2.12. The lowest BCUT2D eigenvalue weighted by molar-refractivity contribution is -0.144. The van der Waals surface area contributed by atoms with Gasteiger partial charge in [0.2, 0.25) is 0 Å². The van der Waals surface area contributed by atoms with E-state index in [1.165, 1.54) is 12.1 Å². The number of carbonyl (C=O) groups is 2. The minimum Gasteiger partial charge on any atom is -0.479 e. The van der Waals surface area contributed by atoms with E-state index in [1.807, 2.05) is 0 Å². The van der Waals surface area contributed by atoms with Crippen molar-refractivity contribution in [3.05, 3.63) is 24.0 Å². The van der Waals surface area contributed by atoms with E-state index in [2.05, 4.69) is 5.32 Å². The Morgan fingerprint density at radius 2 is 2.19 bits per heavy atom. The van der Waals surface area contributed by atoms with Gasteiger partial charge in [-0.3, -0.25) is 4.79 Å². The number of alkyl halides is 3. The third-order valence-electron chi connectivity index (χ3n) is 3.20. The van der Waals surface area contributed by atoms with Crippen molar-refractivity contribution in [2.45, 2.75) is 24.7 Å². The number of carboxylic acid groups (broad SMARTS) is 1. The molecule has 0 radical (unpaired) electrons. The Bertz CT molecular complexity index is 547. The molecule has 0 bridgehead atoms. The topological polar surface area (TPSA) is 80.6 Å². The van der Waals surface area contributed by atoms with Crippen LogP contribution in [0.1, 0.15) is 16.9 Å². The second-order valence-corrected chi connectivity index (χ2v) is 4.78. The van der Waals surface area contributed by atoms with Crippen LogP contribution in [0.15, 0.2) is 18.3 Å². The van der Waals surface area contributed by atoms with Gasteiger partial charge in [-0.15, -0.1) is 0 Å². The molecule has 6 nitrogen and oxygen atoms in total. The first-order chi connectivity index (χ1) is 9.73. The summed E-state index contributed by atoms with van der Waals surface area (Å²) in [6, 6.07) is 2.49. The van der Waals surface area contributed by atoms with Gasteiger partial charge in [0.05, 0.1) is 6.61 Å². The molecule has 2 N–H and O–H groups in total. The van der Waals surface area contributed by atoms with Crippen LogP contribution in [0.25, 0.3) is 0 Å². The SMILES string of the molecule is O=C(NC1(C(=O)O)CCOC1)c1cccn1CC(F)(F)F. The summed E-state index contributed by atoms with van der Waals surface area (Å²) in [6.45, 7) is -1.37. The predicted molar refractivity (Wildman–Crippen MR) is 63.8 cm³/mol. The summed E-state index contributed by atoms with van der Waals surface area (Å²) >= 11 is 0. The summed E-state index contributed by atoms with van der Waals surface area (Å²) in [4.78, 5) is 23.3.